The lowest BCUT2D eigenvalue weighted by molar-refractivity contribution is -0.213. The highest BCUT2D eigenvalue weighted by Crippen LogP contribution is 2.20. The third-order valence-electron chi connectivity index (χ3n) is 3.25. The van der Waals surface area contributed by atoms with Gasteiger partial charge in [0.25, 0.3) is 5.91 Å². The molecule has 2 N–H and O–H groups in total. The van der Waals surface area contributed by atoms with Gasteiger partial charge in [-0.2, -0.15) is 0 Å². The summed E-state index contributed by atoms with van der Waals surface area (Å²) >= 11 is 0. The van der Waals surface area contributed by atoms with Crippen LogP contribution in [0.4, 0.5) is 11.4 Å². The number of aliphatic imine (C=N–C) groups is 1. The van der Waals surface area contributed by atoms with Crippen LogP contribution in [0.3, 0.4) is 0 Å². The van der Waals surface area contributed by atoms with Crippen molar-refractivity contribution < 1.29 is 18.3 Å². The summed E-state index contributed by atoms with van der Waals surface area (Å²) in [5, 5.41) is 14.9. The maximum atomic E-state index is 12.6. The van der Waals surface area contributed by atoms with Crippen molar-refractivity contribution in [3.05, 3.63) is 59.7 Å². The number of hydrogen-bond donors (Lipinski definition) is 2. The lowest BCUT2D eigenvalue weighted by Gasteiger charge is -2.18. The van der Waals surface area contributed by atoms with E-state index in [0.717, 1.165) is 6.26 Å². The molecule has 0 atom stereocenters. The molecule has 2 aromatic rings. The SMILES string of the molecule is CC(C)N=C([O-])c1ccccc1NC(=O)c1ccccc1NS(C)(=O)=O. The number of nitrogens with zero attached hydrogens (tertiary/aromatic N) is 1. The van der Waals surface area contributed by atoms with Gasteiger partial charge in [0.05, 0.1) is 17.5 Å². The van der Waals surface area contributed by atoms with Gasteiger partial charge in [-0.1, -0.05) is 30.3 Å². The Labute approximate surface area is 152 Å². The van der Waals surface area contributed by atoms with Crippen molar-refractivity contribution in [1.29, 1.82) is 0 Å². The van der Waals surface area contributed by atoms with Crippen LogP contribution < -0.4 is 15.1 Å². The van der Waals surface area contributed by atoms with Crippen LogP contribution >= 0.6 is 0 Å². The smallest absolute Gasteiger partial charge is 0.257 e. The van der Waals surface area contributed by atoms with Gasteiger partial charge in [-0.15, -0.1) is 0 Å². The van der Waals surface area contributed by atoms with Crippen molar-refractivity contribution in [2.75, 3.05) is 16.3 Å². The van der Waals surface area contributed by atoms with Crippen molar-refractivity contribution in [2.24, 2.45) is 4.99 Å². The first kappa shape index (κ1) is 19.5. The van der Waals surface area contributed by atoms with Crippen LogP contribution in [0.15, 0.2) is 53.5 Å². The zero-order valence-electron chi connectivity index (χ0n) is 14.7. The molecule has 26 heavy (non-hydrogen) atoms. The van der Waals surface area contributed by atoms with E-state index in [-0.39, 0.29) is 22.9 Å². The third-order valence-corrected chi connectivity index (χ3v) is 3.84. The zero-order valence-corrected chi connectivity index (χ0v) is 15.5. The monoisotopic (exact) mass is 374 g/mol. The predicted octanol–water partition coefficient (Wildman–Crippen LogP) is 1.83. The predicted molar refractivity (Wildman–Crippen MR) is 101 cm³/mol. The summed E-state index contributed by atoms with van der Waals surface area (Å²) in [4.78, 5) is 16.6. The first-order chi connectivity index (χ1) is 12.2. The number of sulfonamides is 1. The molecule has 0 heterocycles. The van der Waals surface area contributed by atoms with Crippen LogP contribution in [-0.4, -0.2) is 32.5 Å². The molecular weight excluding hydrogens is 354 g/mol. The summed E-state index contributed by atoms with van der Waals surface area (Å²) in [5.74, 6) is -0.972. The Balaban J connectivity index is 2.35. The molecule has 1 amide bonds. The van der Waals surface area contributed by atoms with E-state index in [1.165, 1.54) is 12.1 Å². The Kier molecular flexibility index (Phi) is 5.99. The molecule has 0 aromatic heterocycles. The summed E-state index contributed by atoms with van der Waals surface area (Å²) < 4.78 is 25.3. The molecule has 0 bridgehead atoms. The molecular formula is C18H20N3O4S-. The van der Waals surface area contributed by atoms with Crippen LogP contribution in [0.25, 0.3) is 0 Å². The van der Waals surface area contributed by atoms with E-state index in [2.05, 4.69) is 15.0 Å². The molecule has 0 fully saturated rings. The Morgan fingerprint density at radius 2 is 1.54 bits per heavy atom. The topological polar surface area (TPSA) is 111 Å². The summed E-state index contributed by atoms with van der Waals surface area (Å²) in [6, 6.07) is 12.6. The van der Waals surface area contributed by atoms with Crippen molar-refractivity contribution in [1.82, 2.24) is 0 Å². The second-order valence-electron chi connectivity index (χ2n) is 5.95. The first-order valence-corrected chi connectivity index (χ1v) is 9.79. The Bertz CT molecular complexity index is 937. The van der Waals surface area contributed by atoms with Gasteiger partial charge < -0.3 is 10.4 Å². The van der Waals surface area contributed by atoms with Crippen LogP contribution in [0.2, 0.25) is 0 Å². The van der Waals surface area contributed by atoms with Gasteiger partial charge in [0, 0.05) is 17.3 Å². The van der Waals surface area contributed by atoms with Gasteiger partial charge in [-0.3, -0.25) is 14.5 Å². The molecule has 0 radical (unpaired) electrons. The van der Waals surface area contributed by atoms with E-state index >= 15 is 0 Å². The first-order valence-electron chi connectivity index (χ1n) is 7.90. The number of benzene rings is 2. The van der Waals surface area contributed by atoms with Gasteiger partial charge in [0.1, 0.15) is 0 Å². The zero-order chi connectivity index (χ0) is 19.3. The maximum Gasteiger partial charge on any atom is 0.257 e. The van der Waals surface area contributed by atoms with E-state index in [4.69, 9.17) is 0 Å². The minimum Gasteiger partial charge on any atom is -0.858 e. The summed E-state index contributed by atoms with van der Waals surface area (Å²) in [6.45, 7) is 3.57. The minimum absolute atomic E-state index is 0.140. The average molecular weight is 374 g/mol. The molecule has 2 rings (SSSR count). The molecule has 0 spiro atoms. The lowest BCUT2D eigenvalue weighted by Crippen LogP contribution is -2.24. The van der Waals surface area contributed by atoms with E-state index < -0.39 is 21.8 Å². The van der Waals surface area contributed by atoms with Crippen molar-refractivity contribution in [2.45, 2.75) is 19.9 Å². The number of carbonyl (C=O) groups is 1. The molecule has 8 heteroatoms. The van der Waals surface area contributed by atoms with Crippen LogP contribution in [0, 0.1) is 0 Å². The highest BCUT2D eigenvalue weighted by atomic mass is 32.2. The lowest BCUT2D eigenvalue weighted by atomic mass is 10.1. The number of amides is 1. The highest BCUT2D eigenvalue weighted by molar-refractivity contribution is 7.92. The number of para-hydroxylation sites is 2. The fourth-order valence-corrected chi connectivity index (χ4v) is 2.82. The van der Waals surface area contributed by atoms with Crippen LogP contribution in [0.1, 0.15) is 29.8 Å². The second-order valence-corrected chi connectivity index (χ2v) is 7.70. The molecule has 138 valence electrons. The molecule has 0 aliphatic heterocycles. The summed E-state index contributed by atoms with van der Waals surface area (Å²) in [6.07, 6.45) is 1.00. The summed E-state index contributed by atoms with van der Waals surface area (Å²) in [5.41, 5.74) is 0.869. The van der Waals surface area contributed by atoms with Gasteiger partial charge in [0.15, 0.2) is 0 Å². The maximum absolute atomic E-state index is 12.6. The minimum atomic E-state index is -3.54. The number of carbonyl (C=O) groups excluding carboxylic acids is 1. The molecule has 7 nitrogen and oxygen atoms in total. The largest absolute Gasteiger partial charge is 0.858 e. The van der Waals surface area contributed by atoms with Crippen LogP contribution in [-0.2, 0) is 10.0 Å². The second kappa shape index (κ2) is 8.01. The molecule has 0 aliphatic carbocycles. The van der Waals surface area contributed by atoms with Gasteiger partial charge in [-0.25, -0.2) is 8.42 Å². The van der Waals surface area contributed by atoms with Crippen molar-refractivity contribution >= 4 is 33.2 Å². The summed E-state index contributed by atoms with van der Waals surface area (Å²) in [7, 11) is -3.54. The normalized spacial score (nSPS) is 12.1. The molecule has 0 saturated heterocycles. The van der Waals surface area contributed by atoms with Gasteiger partial charge >= 0.3 is 0 Å². The van der Waals surface area contributed by atoms with E-state index in [9.17, 15) is 18.3 Å². The van der Waals surface area contributed by atoms with Crippen molar-refractivity contribution in [3.63, 3.8) is 0 Å². The van der Waals surface area contributed by atoms with E-state index in [1.54, 1.807) is 50.2 Å². The number of nitrogens with one attached hydrogen (secondary N) is 2. The highest BCUT2D eigenvalue weighted by Gasteiger charge is 2.15. The van der Waals surface area contributed by atoms with Gasteiger partial charge in [0.2, 0.25) is 10.0 Å². The third kappa shape index (κ3) is 5.32. The standard InChI is InChI=1S/C18H21N3O4S/c1-12(2)19-17(22)13-8-4-6-10-15(13)20-18(23)14-9-5-7-11-16(14)21-26(3,24)25/h4-12,21H,1-3H3,(H,19,22)(H,20,23)/p-1. The Morgan fingerprint density at radius 3 is 2.12 bits per heavy atom. The fraction of sp³-hybridized carbons (Fsp3) is 0.222. The van der Waals surface area contributed by atoms with Crippen molar-refractivity contribution in [3.8, 4) is 0 Å². The van der Waals surface area contributed by atoms with E-state index in [1.807, 2.05) is 0 Å². The Hall–Kier alpha value is -2.87. The number of anilines is 2. The molecule has 0 saturated carbocycles. The number of hydrogen-bond acceptors (Lipinski definition) is 5. The molecule has 2 aromatic carbocycles. The quantitative estimate of drug-likeness (QED) is 0.593. The average Bonchev–Trinajstić information content (AvgIpc) is 2.53. The van der Waals surface area contributed by atoms with Gasteiger partial charge in [-0.05, 0) is 37.9 Å². The fourth-order valence-electron chi connectivity index (χ4n) is 2.24. The van der Waals surface area contributed by atoms with E-state index in [0.29, 0.717) is 5.69 Å². The molecule has 0 unspecified atom stereocenters. The number of rotatable bonds is 6. The molecule has 0 aliphatic rings. The Morgan fingerprint density at radius 1 is 1.00 bits per heavy atom. The van der Waals surface area contributed by atoms with Crippen LogP contribution in [0.5, 0.6) is 0 Å².